The summed E-state index contributed by atoms with van der Waals surface area (Å²) in [5.41, 5.74) is 9.25. The second-order valence-electron chi connectivity index (χ2n) is 6.41. The van der Waals surface area contributed by atoms with E-state index in [0.29, 0.717) is 16.1 Å². The molecule has 21 heavy (non-hydrogen) atoms. The van der Waals surface area contributed by atoms with Gasteiger partial charge in [0.05, 0.1) is 12.5 Å². The third-order valence-corrected chi connectivity index (χ3v) is 6.59. The zero-order chi connectivity index (χ0) is 15.0. The summed E-state index contributed by atoms with van der Waals surface area (Å²) < 4.78 is 0. The van der Waals surface area contributed by atoms with E-state index in [1.165, 1.54) is 35.1 Å². The average Bonchev–Trinajstić information content (AvgIpc) is 2.45. The van der Waals surface area contributed by atoms with Gasteiger partial charge in [-0.25, -0.2) is 0 Å². The molecule has 1 atom stereocenters. The smallest absolute Gasteiger partial charge is 0.0617 e. The maximum atomic E-state index is 2.39. The van der Waals surface area contributed by atoms with Crippen LogP contribution in [0.5, 0.6) is 0 Å². The summed E-state index contributed by atoms with van der Waals surface area (Å²) in [6.45, 7) is 4.64. The molecule has 1 aliphatic rings. The fraction of sp³-hybridized carbons (Fsp3) is 0.400. The number of rotatable bonds is 1. The van der Waals surface area contributed by atoms with Gasteiger partial charge in [0.1, 0.15) is 5.25 Å². The van der Waals surface area contributed by atoms with E-state index in [9.17, 15) is 0 Å². The maximum Gasteiger partial charge on any atom is 0.146 e. The Morgan fingerprint density at radius 1 is 0.810 bits per heavy atom. The first kappa shape index (κ1) is 14.7. The SMILES string of the molecule is Cc1c2cccc1CC([S+](C)C)c1cccc(c1C)CC2. The van der Waals surface area contributed by atoms with E-state index < -0.39 is 0 Å². The summed E-state index contributed by atoms with van der Waals surface area (Å²) >= 11 is 0. The van der Waals surface area contributed by atoms with Crippen LogP contribution in [-0.4, -0.2) is 12.5 Å². The first-order valence-electron chi connectivity index (χ1n) is 7.80. The molecule has 3 rings (SSSR count). The molecule has 0 aliphatic heterocycles. The molecule has 0 radical (unpaired) electrons. The van der Waals surface area contributed by atoms with Crippen molar-refractivity contribution in [3.63, 3.8) is 0 Å². The molecular weight excluding hydrogens is 272 g/mol. The summed E-state index contributed by atoms with van der Waals surface area (Å²) in [5, 5.41) is 0.650. The lowest BCUT2D eigenvalue weighted by Crippen LogP contribution is -2.17. The fourth-order valence-electron chi connectivity index (χ4n) is 3.55. The van der Waals surface area contributed by atoms with Crippen LogP contribution >= 0.6 is 0 Å². The first-order chi connectivity index (χ1) is 10.1. The quantitative estimate of drug-likeness (QED) is 0.677. The van der Waals surface area contributed by atoms with Crippen molar-refractivity contribution >= 4 is 10.9 Å². The van der Waals surface area contributed by atoms with Gasteiger partial charge in [-0.3, -0.25) is 0 Å². The number of benzene rings is 2. The molecule has 2 aromatic rings. The van der Waals surface area contributed by atoms with E-state index in [-0.39, 0.29) is 0 Å². The zero-order valence-electron chi connectivity index (χ0n) is 13.6. The normalized spacial score (nSPS) is 17.9. The molecule has 110 valence electrons. The van der Waals surface area contributed by atoms with Crippen molar-refractivity contribution in [2.45, 2.75) is 38.4 Å². The molecule has 0 nitrogen and oxygen atoms in total. The summed E-state index contributed by atoms with van der Waals surface area (Å²) in [6, 6.07) is 13.8. The van der Waals surface area contributed by atoms with Gasteiger partial charge in [0.2, 0.25) is 0 Å². The van der Waals surface area contributed by atoms with Crippen molar-refractivity contribution in [2.75, 3.05) is 12.5 Å². The Kier molecular flexibility index (Phi) is 4.12. The highest BCUT2D eigenvalue weighted by Crippen LogP contribution is 2.33. The van der Waals surface area contributed by atoms with Gasteiger partial charge in [-0.05, 0) is 65.4 Å². The van der Waals surface area contributed by atoms with E-state index in [1.807, 2.05) is 0 Å². The zero-order valence-corrected chi connectivity index (χ0v) is 14.4. The van der Waals surface area contributed by atoms with E-state index in [0.717, 1.165) is 6.42 Å². The predicted octanol–water partition coefficient (Wildman–Crippen LogP) is 4.56. The molecule has 0 heterocycles. The van der Waals surface area contributed by atoms with Gasteiger partial charge in [-0.1, -0.05) is 36.4 Å². The van der Waals surface area contributed by atoms with E-state index in [1.54, 1.807) is 11.1 Å². The van der Waals surface area contributed by atoms with E-state index in [4.69, 9.17) is 0 Å². The minimum Gasteiger partial charge on any atom is -0.0617 e. The number of hydrogen-bond acceptors (Lipinski definition) is 0. The lowest BCUT2D eigenvalue weighted by molar-refractivity contribution is 0.859. The molecule has 4 bridgehead atoms. The van der Waals surface area contributed by atoms with Crippen molar-refractivity contribution in [1.82, 2.24) is 0 Å². The van der Waals surface area contributed by atoms with Crippen LogP contribution in [0, 0.1) is 13.8 Å². The largest absolute Gasteiger partial charge is 0.146 e. The molecule has 0 fully saturated rings. The first-order valence-corrected chi connectivity index (χ1v) is 9.90. The summed E-state index contributed by atoms with van der Waals surface area (Å²) in [5.74, 6) is 0. The van der Waals surface area contributed by atoms with Crippen molar-refractivity contribution < 1.29 is 0 Å². The lowest BCUT2D eigenvalue weighted by atomic mass is 9.88. The second-order valence-corrected chi connectivity index (χ2v) is 8.73. The second kappa shape index (κ2) is 5.88. The summed E-state index contributed by atoms with van der Waals surface area (Å²) in [7, 11) is 0.386. The number of fused-ring (bicyclic) bond motifs is 4. The Hall–Kier alpha value is -1.21. The molecule has 0 aromatic heterocycles. The van der Waals surface area contributed by atoms with Crippen LogP contribution in [0.4, 0.5) is 0 Å². The molecular formula is C20H25S+. The van der Waals surface area contributed by atoms with Crippen molar-refractivity contribution in [3.8, 4) is 0 Å². The molecule has 1 heteroatoms. The molecule has 1 unspecified atom stereocenters. The molecule has 2 aromatic carbocycles. The minimum atomic E-state index is 0.386. The number of aryl methyl sites for hydroxylation is 2. The number of hydrogen-bond donors (Lipinski definition) is 0. The highest BCUT2D eigenvalue weighted by molar-refractivity contribution is 7.95. The molecule has 0 spiro atoms. The van der Waals surface area contributed by atoms with Gasteiger partial charge in [-0.2, -0.15) is 0 Å². The highest BCUT2D eigenvalue weighted by atomic mass is 32.2. The fourth-order valence-corrected chi connectivity index (χ4v) is 4.83. The molecule has 0 saturated heterocycles. The third-order valence-electron chi connectivity index (χ3n) is 5.03. The summed E-state index contributed by atoms with van der Waals surface area (Å²) in [4.78, 5) is 0. The highest BCUT2D eigenvalue weighted by Gasteiger charge is 2.28. The molecule has 0 amide bonds. The average molecular weight is 297 g/mol. The van der Waals surface area contributed by atoms with Crippen LogP contribution in [0.2, 0.25) is 0 Å². The van der Waals surface area contributed by atoms with Crippen LogP contribution in [0.25, 0.3) is 0 Å². The lowest BCUT2D eigenvalue weighted by Gasteiger charge is -2.22. The summed E-state index contributed by atoms with van der Waals surface area (Å²) in [6.07, 6.45) is 8.29. The molecule has 0 saturated carbocycles. The monoisotopic (exact) mass is 297 g/mol. The molecule has 0 N–H and O–H groups in total. The standard InChI is InChI=1S/C20H25S/c1-14-16-7-5-9-18(14)13-20(21(3)4)19-10-6-8-17(12-11-16)15(19)2/h5-10,20H,11-13H2,1-4H3/q+1. The van der Waals surface area contributed by atoms with E-state index >= 15 is 0 Å². The maximum absolute atomic E-state index is 2.39. The van der Waals surface area contributed by atoms with Crippen LogP contribution in [0.3, 0.4) is 0 Å². The molecule has 1 aliphatic carbocycles. The minimum absolute atomic E-state index is 0.386. The van der Waals surface area contributed by atoms with Crippen molar-refractivity contribution in [1.29, 1.82) is 0 Å². The van der Waals surface area contributed by atoms with Gasteiger partial charge < -0.3 is 0 Å². The third kappa shape index (κ3) is 2.76. The van der Waals surface area contributed by atoms with Crippen LogP contribution < -0.4 is 0 Å². The Labute approximate surface area is 131 Å². The topological polar surface area (TPSA) is 0 Å². The van der Waals surface area contributed by atoms with Crippen LogP contribution in [0.1, 0.15) is 38.6 Å². The van der Waals surface area contributed by atoms with Crippen molar-refractivity contribution in [3.05, 3.63) is 69.8 Å². The van der Waals surface area contributed by atoms with Gasteiger partial charge in [0.15, 0.2) is 0 Å². The Bertz CT molecular complexity index is 655. The van der Waals surface area contributed by atoms with Gasteiger partial charge in [0.25, 0.3) is 0 Å². The van der Waals surface area contributed by atoms with Crippen LogP contribution in [0.15, 0.2) is 36.4 Å². The Balaban J connectivity index is 2.16. The van der Waals surface area contributed by atoms with Crippen LogP contribution in [-0.2, 0) is 30.2 Å². The van der Waals surface area contributed by atoms with E-state index in [2.05, 4.69) is 62.8 Å². The van der Waals surface area contributed by atoms with Gasteiger partial charge in [-0.15, -0.1) is 0 Å². The van der Waals surface area contributed by atoms with Gasteiger partial charge in [0, 0.05) is 12.0 Å². The Morgan fingerprint density at radius 3 is 2.05 bits per heavy atom. The van der Waals surface area contributed by atoms with Crippen molar-refractivity contribution in [2.24, 2.45) is 0 Å². The Morgan fingerprint density at radius 2 is 1.38 bits per heavy atom. The predicted molar refractivity (Wildman–Crippen MR) is 95.4 cm³/mol. The van der Waals surface area contributed by atoms with Gasteiger partial charge >= 0.3 is 0 Å².